The largest absolute Gasteiger partial charge is 0.477 e. The number of nitrogens with zero attached hydrogens (tertiary/aromatic N) is 2. The average molecular weight is 583 g/mol. The van der Waals surface area contributed by atoms with Crippen LogP contribution in [0.3, 0.4) is 0 Å². The van der Waals surface area contributed by atoms with E-state index in [1.807, 2.05) is 4.90 Å². The zero-order valence-electron chi connectivity index (χ0n) is 19.9. The number of thioether (sulfide) groups is 2. The number of likely N-dealkylation sites (tertiary alicyclic amines) is 1. The van der Waals surface area contributed by atoms with Crippen molar-refractivity contribution in [3.8, 4) is 0 Å². The molecule has 12 heteroatoms. The molecule has 5 rings (SSSR count). The highest BCUT2D eigenvalue weighted by Crippen LogP contribution is 2.42. The number of aliphatic carboxylic acids is 1. The summed E-state index contributed by atoms with van der Waals surface area (Å²) in [5.74, 6) is -1.22. The molecule has 37 heavy (non-hydrogen) atoms. The zero-order chi connectivity index (χ0) is 26.4. The Morgan fingerprint density at radius 2 is 2.05 bits per heavy atom. The molecule has 3 heterocycles. The minimum atomic E-state index is -1.23. The van der Waals surface area contributed by atoms with Crippen LogP contribution in [0.1, 0.15) is 26.2 Å². The normalized spacial score (nSPS) is 25.3. The minimum absolute atomic E-state index is 0.0531. The van der Waals surface area contributed by atoms with E-state index >= 15 is 0 Å². The van der Waals surface area contributed by atoms with Gasteiger partial charge < -0.3 is 15.3 Å². The first-order valence-corrected chi connectivity index (χ1v) is 14.7. The monoisotopic (exact) mass is 581 g/mol. The van der Waals surface area contributed by atoms with E-state index in [0.717, 1.165) is 19.4 Å². The number of carbonyl (C=O) groups is 4. The molecule has 0 aromatic heterocycles. The van der Waals surface area contributed by atoms with Gasteiger partial charge in [0.15, 0.2) is 0 Å². The number of β-lactam (4-membered cyclic amide) rings is 1. The lowest BCUT2D eigenvalue weighted by Crippen LogP contribution is -2.71. The first kappa shape index (κ1) is 26.5. The summed E-state index contributed by atoms with van der Waals surface area (Å²) in [4.78, 5) is 54.5. The van der Waals surface area contributed by atoms with Crippen molar-refractivity contribution in [3.63, 3.8) is 0 Å². The van der Waals surface area contributed by atoms with Gasteiger partial charge in [-0.3, -0.25) is 19.3 Å². The molecule has 2 N–H and O–H groups in total. The number of halogens is 2. The maximum absolute atomic E-state index is 13.0. The standard InChI is InChI=1S/C25H25Cl2N3O5S2/c1-12(37-18-9-16(26)4-5-17(18)27)21(31)28-19-23(33)30-20(25(34)35)15(11-36-24(19)30)8-14-6-7-29(22(14)32)10-13-2-3-13/h4-5,8-9,12-13,19,24H,2-3,6-7,10-11H2,1H3,(H,28,31)(H,34,35). The highest BCUT2D eigenvalue weighted by molar-refractivity contribution is 8.00. The molecule has 3 unspecified atom stereocenters. The van der Waals surface area contributed by atoms with E-state index in [2.05, 4.69) is 5.32 Å². The summed E-state index contributed by atoms with van der Waals surface area (Å²) in [7, 11) is 0. The van der Waals surface area contributed by atoms with E-state index in [9.17, 15) is 24.3 Å². The predicted molar refractivity (Wildman–Crippen MR) is 143 cm³/mol. The minimum Gasteiger partial charge on any atom is -0.477 e. The van der Waals surface area contributed by atoms with Crippen molar-refractivity contribution >= 4 is 70.4 Å². The number of nitrogens with one attached hydrogen (secondary N) is 1. The summed E-state index contributed by atoms with van der Waals surface area (Å²) >= 11 is 14.8. The van der Waals surface area contributed by atoms with Crippen molar-refractivity contribution in [1.82, 2.24) is 15.1 Å². The van der Waals surface area contributed by atoms with Crippen molar-refractivity contribution in [1.29, 1.82) is 0 Å². The molecular weight excluding hydrogens is 557 g/mol. The molecule has 3 fully saturated rings. The van der Waals surface area contributed by atoms with Gasteiger partial charge in [-0.15, -0.1) is 23.5 Å². The molecule has 1 aliphatic carbocycles. The third kappa shape index (κ3) is 5.39. The summed E-state index contributed by atoms with van der Waals surface area (Å²) in [5, 5.41) is 12.6. The molecule has 1 aromatic carbocycles. The van der Waals surface area contributed by atoms with Crippen molar-refractivity contribution in [2.24, 2.45) is 5.92 Å². The van der Waals surface area contributed by atoms with Gasteiger partial charge in [-0.2, -0.15) is 0 Å². The Labute approximate surface area is 232 Å². The van der Waals surface area contributed by atoms with E-state index in [-0.39, 0.29) is 17.5 Å². The number of benzene rings is 1. The quantitative estimate of drug-likeness (QED) is 0.273. The Hall–Kier alpha value is -2.14. The van der Waals surface area contributed by atoms with Crippen LogP contribution in [0.15, 0.2) is 46.0 Å². The summed E-state index contributed by atoms with van der Waals surface area (Å²) in [5.41, 5.74) is 0.910. The van der Waals surface area contributed by atoms with Crippen LogP contribution >= 0.6 is 46.7 Å². The van der Waals surface area contributed by atoms with Crippen molar-refractivity contribution in [2.75, 3.05) is 18.8 Å². The summed E-state index contributed by atoms with van der Waals surface area (Å²) < 4.78 is 0. The lowest BCUT2D eigenvalue weighted by Gasteiger charge is -2.49. The second-order valence-electron chi connectivity index (χ2n) is 9.52. The molecular formula is C25H25Cl2N3O5S2. The Kier molecular flexibility index (Phi) is 7.55. The van der Waals surface area contributed by atoms with Crippen LogP contribution in [-0.4, -0.2) is 74.1 Å². The molecule has 0 radical (unpaired) electrons. The number of rotatable bonds is 8. The molecule has 1 aromatic rings. The van der Waals surface area contributed by atoms with Gasteiger partial charge in [0.05, 0.1) is 10.3 Å². The topological polar surface area (TPSA) is 107 Å². The number of hydrogen-bond donors (Lipinski definition) is 2. The van der Waals surface area contributed by atoms with Gasteiger partial charge in [0, 0.05) is 34.3 Å². The molecule has 0 bridgehead atoms. The summed E-state index contributed by atoms with van der Waals surface area (Å²) in [6.07, 6.45) is 4.51. The maximum Gasteiger partial charge on any atom is 0.352 e. The molecule has 8 nitrogen and oxygen atoms in total. The van der Waals surface area contributed by atoms with Crippen molar-refractivity contribution in [3.05, 3.63) is 51.2 Å². The van der Waals surface area contributed by atoms with Crippen LogP contribution in [0.2, 0.25) is 10.0 Å². The van der Waals surface area contributed by atoms with Gasteiger partial charge in [0.25, 0.3) is 5.91 Å². The predicted octanol–water partition coefficient (Wildman–Crippen LogP) is 3.78. The van der Waals surface area contributed by atoms with Crippen LogP contribution in [0.4, 0.5) is 0 Å². The SMILES string of the molecule is CC(Sc1cc(Cl)ccc1Cl)C(=O)NC1C(=O)N2C(C(=O)O)=C(C=C3CCN(CC4CC4)C3=O)CSC12. The molecule has 4 aliphatic rings. The fourth-order valence-electron chi connectivity index (χ4n) is 4.63. The highest BCUT2D eigenvalue weighted by Gasteiger charge is 2.54. The fourth-order valence-corrected chi connectivity index (χ4v) is 7.36. The van der Waals surface area contributed by atoms with Gasteiger partial charge in [-0.1, -0.05) is 23.2 Å². The Balaban J connectivity index is 1.27. The Morgan fingerprint density at radius 1 is 1.30 bits per heavy atom. The molecule has 3 aliphatic heterocycles. The number of amides is 3. The number of hydrogen-bond acceptors (Lipinski definition) is 6. The molecule has 3 atom stereocenters. The second kappa shape index (κ2) is 10.6. The molecule has 3 amide bonds. The van der Waals surface area contributed by atoms with E-state index in [4.69, 9.17) is 23.2 Å². The van der Waals surface area contributed by atoms with Gasteiger partial charge in [0.2, 0.25) is 11.8 Å². The van der Waals surface area contributed by atoms with Crippen LogP contribution in [-0.2, 0) is 19.2 Å². The zero-order valence-corrected chi connectivity index (χ0v) is 23.1. The van der Waals surface area contributed by atoms with Gasteiger partial charge in [-0.05, 0) is 62.0 Å². The van der Waals surface area contributed by atoms with Crippen molar-refractivity contribution < 1.29 is 24.3 Å². The molecule has 1 saturated carbocycles. The molecule has 0 spiro atoms. The van der Waals surface area contributed by atoms with E-state index in [0.29, 0.717) is 50.7 Å². The second-order valence-corrected chi connectivity index (χ2v) is 12.9. The van der Waals surface area contributed by atoms with Crippen LogP contribution in [0, 0.1) is 5.92 Å². The Morgan fingerprint density at radius 3 is 2.76 bits per heavy atom. The number of carboxylic acids is 1. The maximum atomic E-state index is 13.0. The number of allylic oxidation sites excluding steroid dienone is 1. The number of carboxylic acid groups (broad SMARTS) is 1. The first-order chi connectivity index (χ1) is 17.6. The van der Waals surface area contributed by atoms with Crippen molar-refractivity contribution in [2.45, 2.75) is 47.7 Å². The number of carbonyl (C=O) groups excluding carboxylic acids is 3. The van der Waals surface area contributed by atoms with E-state index in [1.165, 1.54) is 28.4 Å². The lowest BCUT2D eigenvalue weighted by atomic mass is 10.0. The average Bonchev–Trinajstić information content (AvgIpc) is 3.62. The highest BCUT2D eigenvalue weighted by atomic mass is 35.5. The number of fused-ring (bicyclic) bond motifs is 1. The Bertz CT molecular complexity index is 1250. The van der Waals surface area contributed by atoms with Crippen LogP contribution in [0.5, 0.6) is 0 Å². The third-order valence-corrected chi connectivity index (χ3v) is 9.94. The smallest absolute Gasteiger partial charge is 0.352 e. The van der Waals surface area contributed by atoms with E-state index in [1.54, 1.807) is 31.2 Å². The van der Waals surface area contributed by atoms with E-state index < -0.39 is 28.5 Å². The first-order valence-electron chi connectivity index (χ1n) is 12.0. The van der Waals surface area contributed by atoms with Crippen LogP contribution < -0.4 is 5.32 Å². The van der Waals surface area contributed by atoms with Gasteiger partial charge in [-0.25, -0.2) is 4.79 Å². The summed E-state index contributed by atoms with van der Waals surface area (Å²) in [6, 6.07) is 4.15. The molecule has 2 saturated heterocycles. The molecule has 196 valence electrons. The van der Waals surface area contributed by atoms with Gasteiger partial charge >= 0.3 is 5.97 Å². The third-order valence-electron chi connectivity index (χ3n) is 6.80. The van der Waals surface area contributed by atoms with Crippen LogP contribution in [0.25, 0.3) is 0 Å². The summed E-state index contributed by atoms with van der Waals surface area (Å²) in [6.45, 7) is 3.09. The lowest BCUT2D eigenvalue weighted by molar-refractivity contribution is -0.150. The van der Waals surface area contributed by atoms with Gasteiger partial charge in [0.1, 0.15) is 17.1 Å². The fraction of sp³-hybridized carbons (Fsp3) is 0.440.